The molecule has 0 bridgehead atoms. The molecule has 1 nitrogen and oxygen atoms in total. The lowest BCUT2D eigenvalue weighted by Gasteiger charge is -2.38. The highest BCUT2D eigenvalue weighted by atomic mass is 14.9. The first-order valence-electron chi connectivity index (χ1n) is 8.91. The number of rotatable bonds is 3. The van der Waals surface area contributed by atoms with Crippen LogP contribution in [0.25, 0.3) is 0 Å². The van der Waals surface area contributed by atoms with Crippen LogP contribution in [0.15, 0.2) is 18.2 Å². The average Bonchev–Trinajstić information content (AvgIpc) is 2.90. The molecule has 3 rings (SSSR count). The lowest BCUT2D eigenvalue weighted by Crippen LogP contribution is -2.38. The molecule has 0 aromatic heterocycles. The number of aryl methyl sites for hydroxylation is 2. The quantitative estimate of drug-likeness (QED) is 0.778. The molecule has 116 valence electrons. The van der Waals surface area contributed by atoms with E-state index in [0.29, 0.717) is 6.04 Å². The lowest BCUT2D eigenvalue weighted by molar-refractivity contribution is 0.164. The maximum absolute atomic E-state index is 3.90. The average molecular weight is 285 g/mol. The van der Waals surface area contributed by atoms with Gasteiger partial charge in [-0.15, -0.1) is 0 Å². The van der Waals surface area contributed by atoms with Crippen LogP contribution in [-0.4, -0.2) is 6.04 Å². The van der Waals surface area contributed by atoms with Crippen molar-refractivity contribution in [2.75, 3.05) is 0 Å². The Morgan fingerprint density at radius 2 is 1.71 bits per heavy atom. The summed E-state index contributed by atoms with van der Waals surface area (Å²) < 4.78 is 0. The Hall–Kier alpha value is -0.820. The van der Waals surface area contributed by atoms with E-state index in [-0.39, 0.29) is 0 Å². The fourth-order valence-corrected chi connectivity index (χ4v) is 4.78. The molecule has 2 aliphatic rings. The molecular weight excluding hydrogens is 254 g/mol. The van der Waals surface area contributed by atoms with E-state index in [1.165, 1.54) is 68.1 Å². The second-order valence-corrected chi connectivity index (χ2v) is 7.73. The van der Waals surface area contributed by atoms with Crippen molar-refractivity contribution in [2.45, 2.75) is 84.2 Å². The third-order valence-electron chi connectivity index (χ3n) is 6.09. The lowest BCUT2D eigenvalue weighted by atomic mass is 9.71. The first-order valence-corrected chi connectivity index (χ1v) is 8.91. The molecule has 0 radical (unpaired) electrons. The van der Waals surface area contributed by atoms with E-state index in [4.69, 9.17) is 0 Å². The molecule has 0 amide bonds. The summed E-state index contributed by atoms with van der Waals surface area (Å²) >= 11 is 0. The van der Waals surface area contributed by atoms with Crippen molar-refractivity contribution < 1.29 is 0 Å². The summed E-state index contributed by atoms with van der Waals surface area (Å²) in [7, 11) is 0. The van der Waals surface area contributed by atoms with Gasteiger partial charge in [0.2, 0.25) is 0 Å². The van der Waals surface area contributed by atoms with E-state index < -0.39 is 0 Å². The van der Waals surface area contributed by atoms with Crippen LogP contribution in [0.5, 0.6) is 0 Å². The van der Waals surface area contributed by atoms with Gasteiger partial charge < -0.3 is 5.32 Å². The van der Waals surface area contributed by atoms with Crippen molar-refractivity contribution in [3.63, 3.8) is 0 Å². The topological polar surface area (TPSA) is 12.0 Å². The molecule has 2 fully saturated rings. The third kappa shape index (κ3) is 3.34. The Labute approximate surface area is 130 Å². The minimum Gasteiger partial charge on any atom is -0.307 e. The van der Waals surface area contributed by atoms with Gasteiger partial charge in [-0.05, 0) is 75.8 Å². The molecule has 1 unspecified atom stereocenters. The van der Waals surface area contributed by atoms with Crippen molar-refractivity contribution in [2.24, 2.45) is 5.41 Å². The summed E-state index contributed by atoms with van der Waals surface area (Å²) in [6.45, 7) is 6.75. The monoisotopic (exact) mass is 285 g/mol. The maximum Gasteiger partial charge on any atom is 0.0296 e. The highest BCUT2D eigenvalue weighted by Gasteiger charge is 2.37. The summed E-state index contributed by atoms with van der Waals surface area (Å²) in [4.78, 5) is 0. The van der Waals surface area contributed by atoms with Crippen LogP contribution in [-0.2, 0) is 0 Å². The Morgan fingerprint density at radius 3 is 2.33 bits per heavy atom. The molecule has 1 N–H and O–H groups in total. The molecule has 21 heavy (non-hydrogen) atoms. The van der Waals surface area contributed by atoms with E-state index in [1.54, 1.807) is 0 Å². The van der Waals surface area contributed by atoms with Gasteiger partial charge in [0.05, 0.1) is 0 Å². The zero-order chi connectivity index (χ0) is 14.9. The number of benzene rings is 1. The first-order chi connectivity index (χ1) is 10.1. The van der Waals surface area contributed by atoms with Gasteiger partial charge in [0, 0.05) is 12.1 Å². The SMILES string of the molecule is Cc1ccc(C(C)NC2CCC3(CCCC3)CC2)c(C)c1. The number of hydrogen-bond donors (Lipinski definition) is 1. The Morgan fingerprint density at radius 1 is 1.05 bits per heavy atom. The van der Waals surface area contributed by atoms with Gasteiger partial charge in [0.15, 0.2) is 0 Å². The molecule has 0 aliphatic heterocycles. The molecule has 1 atom stereocenters. The zero-order valence-corrected chi connectivity index (χ0v) is 14.0. The molecular formula is C20H31N. The fourth-order valence-electron chi connectivity index (χ4n) is 4.78. The molecule has 1 heteroatoms. The van der Waals surface area contributed by atoms with E-state index in [9.17, 15) is 0 Å². The van der Waals surface area contributed by atoms with Crippen LogP contribution < -0.4 is 5.32 Å². The predicted octanol–water partition coefficient (Wildman–Crippen LogP) is 5.46. The van der Waals surface area contributed by atoms with Gasteiger partial charge in [-0.1, -0.05) is 36.6 Å². The molecule has 1 aromatic carbocycles. The van der Waals surface area contributed by atoms with Crippen LogP contribution >= 0.6 is 0 Å². The van der Waals surface area contributed by atoms with Gasteiger partial charge >= 0.3 is 0 Å². The van der Waals surface area contributed by atoms with Crippen LogP contribution in [0, 0.1) is 19.3 Å². The summed E-state index contributed by atoms with van der Waals surface area (Å²) in [5.41, 5.74) is 5.02. The minimum absolute atomic E-state index is 0.480. The van der Waals surface area contributed by atoms with Crippen molar-refractivity contribution in [3.05, 3.63) is 34.9 Å². The molecule has 1 aromatic rings. The summed E-state index contributed by atoms with van der Waals surface area (Å²) in [6.07, 6.45) is 11.7. The van der Waals surface area contributed by atoms with Crippen molar-refractivity contribution >= 4 is 0 Å². The normalized spacial score (nSPS) is 23.6. The molecule has 0 heterocycles. The maximum atomic E-state index is 3.90. The van der Waals surface area contributed by atoms with Gasteiger partial charge in [-0.3, -0.25) is 0 Å². The van der Waals surface area contributed by atoms with Crippen molar-refractivity contribution in [1.29, 1.82) is 0 Å². The Bertz CT molecular complexity index is 475. The van der Waals surface area contributed by atoms with Crippen LogP contribution in [0.1, 0.15) is 81.0 Å². The Balaban J connectivity index is 1.57. The zero-order valence-electron chi connectivity index (χ0n) is 14.0. The van der Waals surface area contributed by atoms with Crippen LogP contribution in [0.2, 0.25) is 0 Å². The number of nitrogens with one attached hydrogen (secondary N) is 1. The van der Waals surface area contributed by atoms with Gasteiger partial charge in [0.25, 0.3) is 0 Å². The summed E-state index contributed by atoms with van der Waals surface area (Å²) in [6, 6.07) is 8.07. The fraction of sp³-hybridized carbons (Fsp3) is 0.700. The number of hydrogen-bond acceptors (Lipinski definition) is 1. The summed E-state index contributed by atoms with van der Waals surface area (Å²) in [5, 5.41) is 3.90. The second-order valence-electron chi connectivity index (χ2n) is 7.73. The highest BCUT2D eigenvalue weighted by molar-refractivity contribution is 5.32. The predicted molar refractivity (Wildman–Crippen MR) is 90.6 cm³/mol. The van der Waals surface area contributed by atoms with E-state index in [2.05, 4.69) is 44.3 Å². The van der Waals surface area contributed by atoms with E-state index in [0.717, 1.165) is 11.5 Å². The standard InChI is InChI=1S/C20H31N/c1-15-6-7-19(16(2)14-15)17(3)21-18-8-12-20(13-9-18)10-4-5-11-20/h6-7,14,17-18,21H,4-5,8-13H2,1-3H3. The Kier molecular flexibility index (Phi) is 4.40. The molecule has 2 saturated carbocycles. The van der Waals surface area contributed by atoms with Gasteiger partial charge in [0.1, 0.15) is 0 Å². The molecule has 2 aliphatic carbocycles. The third-order valence-corrected chi connectivity index (χ3v) is 6.09. The van der Waals surface area contributed by atoms with Crippen molar-refractivity contribution in [3.8, 4) is 0 Å². The smallest absolute Gasteiger partial charge is 0.0296 e. The highest BCUT2D eigenvalue weighted by Crippen LogP contribution is 2.49. The largest absolute Gasteiger partial charge is 0.307 e. The molecule has 1 spiro atoms. The van der Waals surface area contributed by atoms with Crippen LogP contribution in [0.4, 0.5) is 0 Å². The second kappa shape index (κ2) is 6.12. The van der Waals surface area contributed by atoms with Gasteiger partial charge in [-0.2, -0.15) is 0 Å². The van der Waals surface area contributed by atoms with E-state index in [1.807, 2.05) is 0 Å². The summed E-state index contributed by atoms with van der Waals surface area (Å²) in [5.74, 6) is 0. The first kappa shape index (κ1) is 15.1. The van der Waals surface area contributed by atoms with Crippen molar-refractivity contribution in [1.82, 2.24) is 5.32 Å². The van der Waals surface area contributed by atoms with Crippen LogP contribution in [0.3, 0.4) is 0 Å². The molecule has 0 saturated heterocycles. The minimum atomic E-state index is 0.480. The van der Waals surface area contributed by atoms with E-state index >= 15 is 0 Å². The van der Waals surface area contributed by atoms with Gasteiger partial charge in [-0.25, -0.2) is 0 Å².